The van der Waals surface area contributed by atoms with Crippen molar-refractivity contribution in [3.8, 4) is 0 Å². The van der Waals surface area contributed by atoms with Gasteiger partial charge in [-0.05, 0) is 31.0 Å². The Morgan fingerprint density at radius 2 is 2.00 bits per heavy atom. The molecule has 0 amide bonds. The van der Waals surface area contributed by atoms with Crippen LogP contribution in [-0.4, -0.2) is 9.78 Å². The van der Waals surface area contributed by atoms with E-state index >= 15 is 0 Å². The summed E-state index contributed by atoms with van der Waals surface area (Å²) < 4.78 is 1.96. The molecule has 2 heterocycles. The Hall–Kier alpha value is -2.07. The molecule has 3 rings (SSSR count). The van der Waals surface area contributed by atoms with Gasteiger partial charge in [-0.25, -0.2) is 0 Å². The molecule has 3 aromatic rings. The standard InChI is InChI=1S/C17H19N3S/c1-13-8-16(14(2)21-13)9-18-17-10-19-20(12-17)11-15-6-4-3-5-7-15/h3-8,10,12,18H,9,11H2,1-2H3. The highest BCUT2D eigenvalue weighted by Gasteiger charge is 2.04. The van der Waals surface area contributed by atoms with Crippen molar-refractivity contribution in [2.24, 2.45) is 0 Å². The third-order valence-corrected chi connectivity index (χ3v) is 4.46. The fourth-order valence-corrected chi connectivity index (χ4v) is 3.31. The molecule has 1 N–H and O–H groups in total. The van der Waals surface area contributed by atoms with Gasteiger partial charge in [-0.15, -0.1) is 11.3 Å². The van der Waals surface area contributed by atoms with E-state index in [1.807, 2.05) is 28.3 Å². The number of nitrogens with one attached hydrogen (secondary N) is 1. The number of aryl methyl sites for hydroxylation is 2. The third kappa shape index (κ3) is 3.52. The van der Waals surface area contributed by atoms with Crippen molar-refractivity contribution in [1.29, 1.82) is 0 Å². The van der Waals surface area contributed by atoms with Gasteiger partial charge in [0.2, 0.25) is 0 Å². The summed E-state index contributed by atoms with van der Waals surface area (Å²) in [4.78, 5) is 2.75. The van der Waals surface area contributed by atoms with Crippen molar-refractivity contribution in [1.82, 2.24) is 9.78 Å². The first-order valence-electron chi connectivity index (χ1n) is 7.07. The molecule has 0 aliphatic rings. The van der Waals surface area contributed by atoms with Crippen molar-refractivity contribution in [3.63, 3.8) is 0 Å². The summed E-state index contributed by atoms with van der Waals surface area (Å²) in [6.07, 6.45) is 3.94. The number of hydrogen-bond donors (Lipinski definition) is 1. The molecule has 1 aromatic carbocycles. The number of benzene rings is 1. The SMILES string of the molecule is Cc1cc(CNc2cnn(Cc3ccccc3)c2)c(C)s1. The monoisotopic (exact) mass is 297 g/mol. The van der Waals surface area contributed by atoms with Crippen LogP contribution in [0.2, 0.25) is 0 Å². The molecule has 0 aliphatic heterocycles. The zero-order chi connectivity index (χ0) is 14.7. The lowest BCUT2D eigenvalue weighted by atomic mass is 10.2. The lowest BCUT2D eigenvalue weighted by Crippen LogP contribution is -2.00. The van der Waals surface area contributed by atoms with E-state index in [1.54, 1.807) is 0 Å². The zero-order valence-corrected chi connectivity index (χ0v) is 13.2. The fourth-order valence-electron chi connectivity index (χ4n) is 2.37. The predicted octanol–water partition coefficient (Wildman–Crippen LogP) is 4.22. The van der Waals surface area contributed by atoms with Crippen LogP contribution in [0.5, 0.6) is 0 Å². The minimum absolute atomic E-state index is 0.805. The Balaban J connectivity index is 1.61. The molecule has 2 aromatic heterocycles. The molecule has 0 atom stereocenters. The molecule has 0 aliphatic carbocycles. The molecule has 108 valence electrons. The Morgan fingerprint density at radius 3 is 2.71 bits per heavy atom. The van der Waals surface area contributed by atoms with Crippen LogP contribution < -0.4 is 5.32 Å². The minimum atomic E-state index is 0.805. The summed E-state index contributed by atoms with van der Waals surface area (Å²) in [5.74, 6) is 0. The predicted molar refractivity (Wildman–Crippen MR) is 88.9 cm³/mol. The molecular formula is C17H19N3S. The first-order chi connectivity index (χ1) is 10.2. The Morgan fingerprint density at radius 1 is 1.19 bits per heavy atom. The second-order valence-electron chi connectivity index (χ2n) is 5.20. The Bertz CT molecular complexity index is 713. The number of rotatable bonds is 5. The quantitative estimate of drug-likeness (QED) is 0.764. The van der Waals surface area contributed by atoms with Gasteiger partial charge in [0, 0.05) is 22.5 Å². The van der Waals surface area contributed by atoms with Gasteiger partial charge >= 0.3 is 0 Å². The maximum Gasteiger partial charge on any atom is 0.0729 e. The van der Waals surface area contributed by atoms with E-state index in [0.29, 0.717) is 0 Å². The van der Waals surface area contributed by atoms with Gasteiger partial charge in [0.05, 0.1) is 18.4 Å². The van der Waals surface area contributed by atoms with Crippen LogP contribution in [0.4, 0.5) is 5.69 Å². The van der Waals surface area contributed by atoms with Crippen LogP contribution in [0, 0.1) is 13.8 Å². The summed E-state index contributed by atoms with van der Waals surface area (Å²) in [6, 6.07) is 12.6. The molecule has 0 unspecified atom stereocenters. The topological polar surface area (TPSA) is 29.9 Å². The van der Waals surface area contributed by atoms with E-state index in [2.05, 4.69) is 60.8 Å². The molecule has 0 bridgehead atoms. The first-order valence-corrected chi connectivity index (χ1v) is 7.88. The molecule has 0 saturated heterocycles. The summed E-state index contributed by atoms with van der Waals surface area (Å²) in [6.45, 7) is 5.98. The highest BCUT2D eigenvalue weighted by atomic mass is 32.1. The smallest absolute Gasteiger partial charge is 0.0729 e. The van der Waals surface area contributed by atoms with Gasteiger partial charge in [0.25, 0.3) is 0 Å². The fraction of sp³-hybridized carbons (Fsp3) is 0.235. The van der Waals surface area contributed by atoms with Crippen molar-refractivity contribution in [2.45, 2.75) is 26.9 Å². The van der Waals surface area contributed by atoms with Crippen molar-refractivity contribution in [2.75, 3.05) is 5.32 Å². The number of thiophene rings is 1. The molecule has 3 nitrogen and oxygen atoms in total. The summed E-state index contributed by atoms with van der Waals surface area (Å²) in [5, 5.41) is 7.85. The van der Waals surface area contributed by atoms with E-state index < -0.39 is 0 Å². The molecule has 0 saturated carbocycles. The lowest BCUT2D eigenvalue weighted by molar-refractivity contribution is 0.687. The van der Waals surface area contributed by atoms with Gasteiger partial charge in [-0.1, -0.05) is 30.3 Å². The first kappa shape index (κ1) is 13.9. The zero-order valence-electron chi connectivity index (χ0n) is 12.3. The van der Waals surface area contributed by atoms with Crippen molar-refractivity contribution >= 4 is 17.0 Å². The van der Waals surface area contributed by atoms with Gasteiger partial charge < -0.3 is 5.32 Å². The largest absolute Gasteiger partial charge is 0.378 e. The summed E-state index contributed by atoms with van der Waals surface area (Å²) in [5.41, 5.74) is 3.69. The Kier molecular flexibility index (Phi) is 4.06. The summed E-state index contributed by atoms with van der Waals surface area (Å²) >= 11 is 1.85. The molecule has 0 spiro atoms. The Labute approximate surface area is 129 Å². The maximum atomic E-state index is 4.41. The summed E-state index contributed by atoms with van der Waals surface area (Å²) in [7, 11) is 0. The number of aromatic nitrogens is 2. The molecule has 0 radical (unpaired) electrons. The van der Waals surface area contributed by atoms with Crippen molar-refractivity contribution < 1.29 is 0 Å². The van der Waals surface area contributed by atoms with E-state index in [0.717, 1.165) is 18.8 Å². The van der Waals surface area contributed by atoms with Crippen LogP contribution in [0.3, 0.4) is 0 Å². The molecule has 21 heavy (non-hydrogen) atoms. The van der Waals surface area contributed by atoms with E-state index in [1.165, 1.54) is 20.9 Å². The third-order valence-electron chi connectivity index (χ3n) is 3.45. The van der Waals surface area contributed by atoms with Crippen LogP contribution >= 0.6 is 11.3 Å². The molecular weight excluding hydrogens is 278 g/mol. The molecule has 4 heteroatoms. The van der Waals surface area contributed by atoms with E-state index in [-0.39, 0.29) is 0 Å². The van der Waals surface area contributed by atoms with Crippen LogP contribution in [-0.2, 0) is 13.1 Å². The average Bonchev–Trinajstić information content (AvgIpc) is 3.04. The van der Waals surface area contributed by atoms with Crippen LogP contribution in [0.1, 0.15) is 20.9 Å². The molecule has 0 fully saturated rings. The van der Waals surface area contributed by atoms with Gasteiger partial charge in [-0.3, -0.25) is 4.68 Å². The number of anilines is 1. The van der Waals surface area contributed by atoms with Crippen LogP contribution in [0.25, 0.3) is 0 Å². The minimum Gasteiger partial charge on any atom is -0.378 e. The van der Waals surface area contributed by atoms with Gasteiger partial charge in [0.1, 0.15) is 0 Å². The lowest BCUT2D eigenvalue weighted by Gasteiger charge is -2.03. The van der Waals surface area contributed by atoms with Crippen molar-refractivity contribution in [3.05, 3.63) is 69.7 Å². The van der Waals surface area contributed by atoms with Gasteiger partial charge in [0.15, 0.2) is 0 Å². The number of hydrogen-bond acceptors (Lipinski definition) is 3. The highest BCUT2D eigenvalue weighted by molar-refractivity contribution is 7.12. The second-order valence-corrected chi connectivity index (χ2v) is 6.66. The van der Waals surface area contributed by atoms with Crippen LogP contribution in [0.15, 0.2) is 48.8 Å². The van der Waals surface area contributed by atoms with Gasteiger partial charge in [-0.2, -0.15) is 5.10 Å². The highest BCUT2D eigenvalue weighted by Crippen LogP contribution is 2.21. The van der Waals surface area contributed by atoms with E-state index in [4.69, 9.17) is 0 Å². The average molecular weight is 297 g/mol. The second kappa shape index (κ2) is 6.14. The number of nitrogens with zero attached hydrogens (tertiary/aromatic N) is 2. The maximum absolute atomic E-state index is 4.41. The van der Waals surface area contributed by atoms with E-state index in [9.17, 15) is 0 Å². The normalized spacial score (nSPS) is 10.8.